The molecule has 0 bridgehead atoms. The maximum absolute atomic E-state index is 5.36. The van der Waals surface area contributed by atoms with E-state index in [0.29, 0.717) is 4.83 Å². The molecule has 1 unspecified atom stereocenters. The lowest BCUT2D eigenvalue weighted by molar-refractivity contribution is 0.409. The Hall–Kier alpha value is -0.800. The summed E-state index contributed by atoms with van der Waals surface area (Å²) in [4.78, 5) is 0.304. The van der Waals surface area contributed by atoms with Crippen LogP contribution in [0.2, 0.25) is 0 Å². The number of benzene rings is 1. The van der Waals surface area contributed by atoms with E-state index in [-0.39, 0.29) is 0 Å². The summed E-state index contributed by atoms with van der Waals surface area (Å²) < 4.78 is 5.36. The van der Waals surface area contributed by atoms with Crippen LogP contribution in [0.1, 0.15) is 16.0 Å². The lowest BCUT2D eigenvalue weighted by Crippen LogP contribution is -1.97. The van der Waals surface area contributed by atoms with Gasteiger partial charge in [0.1, 0.15) is 5.75 Å². The average Bonchev–Trinajstić information content (AvgIpc) is 2.81. The van der Waals surface area contributed by atoms with E-state index in [1.807, 2.05) is 18.2 Å². The molecule has 0 fully saturated rings. The molecule has 1 aromatic carbocycles. The average molecular weight is 297 g/mol. The first kappa shape index (κ1) is 11.7. The highest BCUT2D eigenvalue weighted by atomic mass is 79.9. The Morgan fingerprint density at radius 3 is 2.81 bits per heavy atom. The van der Waals surface area contributed by atoms with Gasteiger partial charge in [0.15, 0.2) is 0 Å². The molecule has 2 rings (SSSR count). The fourth-order valence-electron chi connectivity index (χ4n) is 1.65. The molecule has 0 saturated heterocycles. The summed E-state index contributed by atoms with van der Waals surface area (Å²) in [5, 5.41) is 4.29. The summed E-state index contributed by atoms with van der Waals surface area (Å²) >= 11 is 5.46. The maximum atomic E-state index is 5.36. The molecule has 1 aromatic heterocycles. The number of ether oxygens (including phenoxy) is 1. The predicted octanol–water partition coefficient (Wildman–Crippen LogP) is 4.44. The molecule has 0 aliphatic rings. The number of para-hydroxylation sites is 1. The van der Waals surface area contributed by atoms with Gasteiger partial charge in [0, 0.05) is 10.4 Å². The van der Waals surface area contributed by atoms with Crippen LogP contribution in [0.15, 0.2) is 41.1 Å². The second kappa shape index (κ2) is 5.51. The van der Waals surface area contributed by atoms with Gasteiger partial charge in [-0.2, -0.15) is 11.3 Å². The van der Waals surface area contributed by atoms with Crippen molar-refractivity contribution in [2.24, 2.45) is 0 Å². The molecular formula is C13H13BrOS. The van der Waals surface area contributed by atoms with Crippen LogP contribution in [0.4, 0.5) is 0 Å². The number of halogens is 1. The molecule has 0 aliphatic carbocycles. The van der Waals surface area contributed by atoms with Gasteiger partial charge in [-0.05, 0) is 34.9 Å². The standard InChI is InChI=1S/C13H13BrOS/c1-15-13-5-3-2-4-11(13)12(14)8-10-6-7-16-9-10/h2-7,9,12H,8H2,1H3. The lowest BCUT2D eigenvalue weighted by atomic mass is 10.1. The summed E-state index contributed by atoms with van der Waals surface area (Å²) in [6.07, 6.45) is 0.990. The van der Waals surface area contributed by atoms with E-state index < -0.39 is 0 Å². The van der Waals surface area contributed by atoms with Gasteiger partial charge in [-0.1, -0.05) is 34.1 Å². The maximum Gasteiger partial charge on any atom is 0.123 e. The van der Waals surface area contributed by atoms with Crippen molar-refractivity contribution >= 4 is 27.3 Å². The van der Waals surface area contributed by atoms with Crippen LogP contribution in [0, 0.1) is 0 Å². The van der Waals surface area contributed by atoms with E-state index in [4.69, 9.17) is 4.74 Å². The number of hydrogen-bond donors (Lipinski definition) is 0. The van der Waals surface area contributed by atoms with Gasteiger partial charge in [0.25, 0.3) is 0 Å². The Balaban J connectivity index is 2.17. The molecule has 0 N–H and O–H groups in total. The van der Waals surface area contributed by atoms with Crippen molar-refractivity contribution in [2.45, 2.75) is 11.2 Å². The molecule has 2 aromatic rings. The van der Waals surface area contributed by atoms with E-state index in [1.54, 1.807) is 18.4 Å². The van der Waals surface area contributed by atoms with Crippen molar-refractivity contribution in [1.29, 1.82) is 0 Å². The van der Waals surface area contributed by atoms with Gasteiger partial charge in [-0.15, -0.1) is 0 Å². The molecule has 16 heavy (non-hydrogen) atoms. The highest BCUT2D eigenvalue weighted by Gasteiger charge is 2.13. The fraction of sp³-hybridized carbons (Fsp3) is 0.231. The van der Waals surface area contributed by atoms with Crippen LogP contribution in [-0.4, -0.2) is 7.11 Å². The summed E-state index contributed by atoms with van der Waals surface area (Å²) in [5.74, 6) is 0.944. The third kappa shape index (κ3) is 2.66. The first-order chi connectivity index (χ1) is 7.81. The second-order valence-corrected chi connectivity index (χ2v) is 5.43. The van der Waals surface area contributed by atoms with E-state index >= 15 is 0 Å². The minimum atomic E-state index is 0.304. The Morgan fingerprint density at radius 1 is 1.31 bits per heavy atom. The topological polar surface area (TPSA) is 9.23 Å². The van der Waals surface area contributed by atoms with E-state index in [0.717, 1.165) is 12.2 Å². The smallest absolute Gasteiger partial charge is 0.123 e. The third-order valence-corrected chi connectivity index (χ3v) is 4.02. The Morgan fingerprint density at radius 2 is 2.12 bits per heavy atom. The van der Waals surface area contributed by atoms with Gasteiger partial charge >= 0.3 is 0 Å². The first-order valence-electron chi connectivity index (χ1n) is 5.09. The Kier molecular flexibility index (Phi) is 4.02. The predicted molar refractivity (Wildman–Crippen MR) is 72.7 cm³/mol. The Labute approximate surface area is 108 Å². The van der Waals surface area contributed by atoms with E-state index in [1.165, 1.54) is 11.1 Å². The molecule has 1 nitrogen and oxygen atoms in total. The number of rotatable bonds is 4. The number of thiophene rings is 1. The molecule has 0 aliphatic heterocycles. The molecule has 0 radical (unpaired) electrons. The van der Waals surface area contributed by atoms with Crippen molar-refractivity contribution < 1.29 is 4.74 Å². The molecular weight excluding hydrogens is 284 g/mol. The highest BCUT2D eigenvalue weighted by Crippen LogP contribution is 2.33. The second-order valence-electron chi connectivity index (χ2n) is 3.55. The zero-order valence-corrected chi connectivity index (χ0v) is 11.4. The van der Waals surface area contributed by atoms with Gasteiger partial charge in [-0.3, -0.25) is 0 Å². The zero-order chi connectivity index (χ0) is 11.4. The SMILES string of the molecule is COc1ccccc1C(Br)Cc1ccsc1. The molecule has 0 amide bonds. The quantitative estimate of drug-likeness (QED) is 0.758. The van der Waals surface area contributed by atoms with Gasteiger partial charge in [0.2, 0.25) is 0 Å². The highest BCUT2D eigenvalue weighted by molar-refractivity contribution is 9.09. The number of hydrogen-bond acceptors (Lipinski definition) is 2. The normalized spacial score (nSPS) is 12.4. The zero-order valence-electron chi connectivity index (χ0n) is 9.02. The number of alkyl halides is 1. The number of methoxy groups -OCH3 is 1. The monoisotopic (exact) mass is 296 g/mol. The summed E-state index contributed by atoms with van der Waals surface area (Å²) in [6.45, 7) is 0. The van der Waals surface area contributed by atoms with Crippen LogP contribution < -0.4 is 4.74 Å². The molecule has 3 heteroatoms. The summed E-state index contributed by atoms with van der Waals surface area (Å²) in [7, 11) is 1.71. The molecule has 0 saturated carbocycles. The van der Waals surface area contributed by atoms with Crippen molar-refractivity contribution in [3.05, 3.63) is 52.2 Å². The largest absolute Gasteiger partial charge is 0.496 e. The van der Waals surface area contributed by atoms with Crippen LogP contribution >= 0.6 is 27.3 Å². The van der Waals surface area contributed by atoms with E-state index in [9.17, 15) is 0 Å². The molecule has 1 heterocycles. The van der Waals surface area contributed by atoms with Crippen LogP contribution in [0.25, 0.3) is 0 Å². The van der Waals surface area contributed by atoms with Crippen LogP contribution in [-0.2, 0) is 6.42 Å². The minimum absolute atomic E-state index is 0.304. The van der Waals surface area contributed by atoms with E-state index in [2.05, 4.69) is 38.8 Å². The van der Waals surface area contributed by atoms with Gasteiger partial charge < -0.3 is 4.74 Å². The fourth-order valence-corrected chi connectivity index (χ4v) is 3.08. The molecule has 1 atom stereocenters. The lowest BCUT2D eigenvalue weighted by Gasteiger charge is -2.13. The minimum Gasteiger partial charge on any atom is -0.496 e. The van der Waals surface area contributed by atoms with Crippen molar-refractivity contribution in [1.82, 2.24) is 0 Å². The molecule has 84 valence electrons. The van der Waals surface area contributed by atoms with Crippen LogP contribution in [0.3, 0.4) is 0 Å². The summed E-state index contributed by atoms with van der Waals surface area (Å²) in [5.41, 5.74) is 2.56. The van der Waals surface area contributed by atoms with Crippen LogP contribution in [0.5, 0.6) is 5.75 Å². The Bertz CT molecular complexity index is 439. The first-order valence-corrected chi connectivity index (χ1v) is 6.95. The van der Waals surface area contributed by atoms with Crippen molar-refractivity contribution in [3.8, 4) is 5.75 Å². The summed E-state index contributed by atoms with van der Waals surface area (Å²) in [6, 6.07) is 10.3. The van der Waals surface area contributed by atoms with Crippen molar-refractivity contribution in [3.63, 3.8) is 0 Å². The third-order valence-electron chi connectivity index (χ3n) is 2.47. The van der Waals surface area contributed by atoms with Crippen molar-refractivity contribution in [2.75, 3.05) is 7.11 Å². The molecule has 0 spiro atoms. The van der Waals surface area contributed by atoms with Gasteiger partial charge in [-0.25, -0.2) is 0 Å². The van der Waals surface area contributed by atoms with Gasteiger partial charge in [0.05, 0.1) is 7.11 Å².